The first-order chi connectivity index (χ1) is 6.16. The minimum atomic E-state index is 0.324. The Balaban J connectivity index is 1.84. The molecule has 2 aliphatic rings. The van der Waals surface area contributed by atoms with Crippen molar-refractivity contribution < 1.29 is 0 Å². The van der Waals surface area contributed by atoms with Gasteiger partial charge in [-0.25, -0.2) is 0 Å². The van der Waals surface area contributed by atoms with Gasteiger partial charge in [0.05, 0.1) is 0 Å². The first kappa shape index (κ1) is 8.85. The van der Waals surface area contributed by atoms with E-state index >= 15 is 0 Å². The van der Waals surface area contributed by atoms with Crippen LogP contribution >= 0.6 is 0 Å². The van der Waals surface area contributed by atoms with Gasteiger partial charge in [0.2, 0.25) is 0 Å². The van der Waals surface area contributed by atoms with Gasteiger partial charge in [0.15, 0.2) is 5.96 Å². The molecule has 0 amide bonds. The van der Waals surface area contributed by atoms with Crippen LogP contribution in [0.4, 0.5) is 0 Å². The van der Waals surface area contributed by atoms with E-state index in [4.69, 9.17) is 0 Å². The van der Waals surface area contributed by atoms with E-state index < -0.39 is 0 Å². The lowest BCUT2D eigenvalue weighted by Gasteiger charge is -2.33. The van der Waals surface area contributed by atoms with Gasteiger partial charge in [-0.15, -0.1) is 0 Å². The maximum absolute atomic E-state index is 4.50. The summed E-state index contributed by atoms with van der Waals surface area (Å²) in [5.41, 5.74) is 0.324. The lowest BCUT2D eigenvalue weighted by Crippen LogP contribution is -2.51. The van der Waals surface area contributed by atoms with Crippen molar-refractivity contribution in [3.63, 3.8) is 0 Å². The fourth-order valence-electron chi connectivity index (χ4n) is 1.57. The zero-order chi connectivity index (χ0) is 9.31. The van der Waals surface area contributed by atoms with Crippen molar-refractivity contribution in [1.82, 2.24) is 10.6 Å². The number of aliphatic imine (C=N–C) groups is 1. The quantitative estimate of drug-likeness (QED) is 0.636. The number of rotatable bonds is 1. The van der Waals surface area contributed by atoms with Crippen molar-refractivity contribution in [2.24, 2.45) is 10.4 Å². The van der Waals surface area contributed by atoms with Gasteiger partial charge in [0.25, 0.3) is 0 Å². The van der Waals surface area contributed by atoms with E-state index in [0.29, 0.717) is 11.5 Å². The lowest BCUT2D eigenvalue weighted by molar-refractivity contribution is 0.340. The van der Waals surface area contributed by atoms with Crippen LogP contribution in [0.3, 0.4) is 0 Å². The van der Waals surface area contributed by atoms with Gasteiger partial charge >= 0.3 is 0 Å². The Morgan fingerprint density at radius 2 is 2.23 bits per heavy atom. The van der Waals surface area contributed by atoms with Crippen molar-refractivity contribution in [2.45, 2.75) is 39.2 Å². The molecule has 1 saturated carbocycles. The summed E-state index contributed by atoms with van der Waals surface area (Å²) in [4.78, 5) is 4.50. The van der Waals surface area contributed by atoms with Crippen LogP contribution in [0.25, 0.3) is 0 Å². The molecule has 3 nitrogen and oxygen atoms in total. The second-order valence-corrected chi connectivity index (χ2v) is 4.95. The lowest BCUT2D eigenvalue weighted by atomic mass is 9.92. The predicted molar refractivity (Wildman–Crippen MR) is 54.9 cm³/mol. The fraction of sp³-hybridized carbons (Fsp3) is 0.900. The molecule has 0 aromatic heterocycles. The van der Waals surface area contributed by atoms with Gasteiger partial charge in [-0.1, -0.05) is 13.8 Å². The normalized spacial score (nSPS) is 27.1. The van der Waals surface area contributed by atoms with Crippen LogP contribution in [0.2, 0.25) is 0 Å². The van der Waals surface area contributed by atoms with Crippen molar-refractivity contribution in [3.8, 4) is 0 Å². The summed E-state index contributed by atoms with van der Waals surface area (Å²) in [5, 5.41) is 6.78. The second-order valence-electron chi connectivity index (χ2n) is 4.95. The molecule has 0 bridgehead atoms. The van der Waals surface area contributed by atoms with Gasteiger partial charge in [0, 0.05) is 24.5 Å². The third-order valence-corrected chi connectivity index (χ3v) is 2.85. The summed E-state index contributed by atoms with van der Waals surface area (Å²) in [5.74, 6) is 1.02. The summed E-state index contributed by atoms with van der Waals surface area (Å²) in [7, 11) is 0. The molecule has 0 atom stereocenters. The molecule has 0 saturated heterocycles. The highest BCUT2D eigenvalue weighted by Crippen LogP contribution is 2.19. The van der Waals surface area contributed by atoms with E-state index in [2.05, 4.69) is 29.5 Å². The monoisotopic (exact) mass is 181 g/mol. The van der Waals surface area contributed by atoms with Gasteiger partial charge in [-0.05, 0) is 19.3 Å². The molecule has 1 fully saturated rings. The Labute approximate surface area is 80.0 Å². The van der Waals surface area contributed by atoms with Gasteiger partial charge < -0.3 is 10.6 Å². The average molecular weight is 181 g/mol. The van der Waals surface area contributed by atoms with E-state index in [9.17, 15) is 0 Å². The standard InChI is InChI=1S/C10H19N3/c1-10(2)6-11-9(12-7-10)13-8-4-3-5-8/h8H,3-7H2,1-2H3,(H2,11,12,13). The van der Waals surface area contributed by atoms with Gasteiger partial charge in [-0.3, -0.25) is 4.99 Å². The van der Waals surface area contributed by atoms with E-state index in [1.807, 2.05) is 0 Å². The van der Waals surface area contributed by atoms with Crippen LogP contribution in [0.15, 0.2) is 4.99 Å². The molecule has 0 aromatic carbocycles. The average Bonchev–Trinajstić information content (AvgIpc) is 1.99. The highest BCUT2D eigenvalue weighted by Gasteiger charge is 2.24. The number of hydrogen-bond donors (Lipinski definition) is 2. The number of guanidine groups is 1. The molecule has 1 aliphatic heterocycles. The molecule has 2 rings (SSSR count). The first-order valence-electron chi connectivity index (χ1n) is 5.21. The molecule has 0 unspecified atom stereocenters. The summed E-state index contributed by atoms with van der Waals surface area (Å²) < 4.78 is 0. The van der Waals surface area contributed by atoms with Crippen LogP contribution in [0.1, 0.15) is 33.1 Å². The summed E-state index contributed by atoms with van der Waals surface area (Å²) in [6.07, 6.45) is 3.99. The van der Waals surface area contributed by atoms with E-state index in [1.54, 1.807) is 0 Å². The van der Waals surface area contributed by atoms with Crippen LogP contribution < -0.4 is 10.6 Å². The number of hydrogen-bond acceptors (Lipinski definition) is 3. The minimum absolute atomic E-state index is 0.324. The van der Waals surface area contributed by atoms with Crippen LogP contribution in [0, 0.1) is 5.41 Å². The predicted octanol–water partition coefficient (Wildman–Crippen LogP) is 1.11. The van der Waals surface area contributed by atoms with Crippen LogP contribution in [0.5, 0.6) is 0 Å². The molecule has 1 aliphatic carbocycles. The zero-order valence-corrected chi connectivity index (χ0v) is 8.56. The van der Waals surface area contributed by atoms with Crippen molar-refractivity contribution >= 4 is 5.96 Å². The Hall–Kier alpha value is -0.730. The number of nitrogens with one attached hydrogen (secondary N) is 2. The SMILES string of the molecule is CC1(C)CN=C(NC2CCC2)NC1. The van der Waals surface area contributed by atoms with E-state index in [0.717, 1.165) is 19.0 Å². The van der Waals surface area contributed by atoms with Crippen LogP contribution in [-0.2, 0) is 0 Å². The molecule has 1 heterocycles. The molecule has 0 spiro atoms. The first-order valence-corrected chi connectivity index (χ1v) is 5.21. The minimum Gasteiger partial charge on any atom is -0.356 e. The molecular weight excluding hydrogens is 162 g/mol. The smallest absolute Gasteiger partial charge is 0.191 e. The highest BCUT2D eigenvalue weighted by molar-refractivity contribution is 5.80. The van der Waals surface area contributed by atoms with Gasteiger partial charge in [-0.2, -0.15) is 0 Å². The molecule has 3 heteroatoms. The third kappa shape index (κ3) is 2.14. The maximum atomic E-state index is 4.50. The molecular formula is C10H19N3. The number of nitrogens with zero attached hydrogens (tertiary/aromatic N) is 1. The molecule has 0 radical (unpaired) electrons. The summed E-state index contributed by atoms with van der Waals surface area (Å²) >= 11 is 0. The molecule has 74 valence electrons. The van der Waals surface area contributed by atoms with Crippen molar-refractivity contribution in [3.05, 3.63) is 0 Å². The van der Waals surface area contributed by atoms with Crippen molar-refractivity contribution in [1.29, 1.82) is 0 Å². The Morgan fingerprint density at radius 3 is 2.69 bits per heavy atom. The molecule has 0 aromatic rings. The zero-order valence-electron chi connectivity index (χ0n) is 8.56. The molecule has 13 heavy (non-hydrogen) atoms. The maximum Gasteiger partial charge on any atom is 0.191 e. The second kappa shape index (κ2) is 3.20. The Kier molecular flexibility index (Phi) is 2.18. The topological polar surface area (TPSA) is 36.4 Å². The van der Waals surface area contributed by atoms with E-state index in [1.165, 1.54) is 19.3 Å². The van der Waals surface area contributed by atoms with Gasteiger partial charge in [0.1, 0.15) is 0 Å². The highest BCUT2D eigenvalue weighted by atomic mass is 15.2. The molecule has 2 N–H and O–H groups in total. The fourth-order valence-corrected chi connectivity index (χ4v) is 1.57. The largest absolute Gasteiger partial charge is 0.356 e. The third-order valence-electron chi connectivity index (χ3n) is 2.85. The van der Waals surface area contributed by atoms with Crippen LogP contribution in [-0.4, -0.2) is 25.1 Å². The Morgan fingerprint density at radius 1 is 1.46 bits per heavy atom. The van der Waals surface area contributed by atoms with Crippen molar-refractivity contribution in [2.75, 3.05) is 13.1 Å². The summed E-state index contributed by atoms with van der Waals surface area (Å²) in [6, 6.07) is 0.687. The summed E-state index contributed by atoms with van der Waals surface area (Å²) in [6.45, 7) is 6.45. The Bertz CT molecular complexity index is 216. The van der Waals surface area contributed by atoms with E-state index in [-0.39, 0.29) is 0 Å².